The summed E-state index contributed by atoms with van der Waals surface area (Å²) in [6, 6.07) is 3.30. The zero-order valence-electron chi connectivity index (χ0n) is 10.3. The highest BCUT2D eigenvalue weighted by Crippen LogP contribution is 2.27. The topological polar surface area (TPSA) is 62.3 Å². The summed E-state index contributed by atoms with van der Waals surface area (Å²) in [5.74, 6) is 0. The largest absolute Gasteiger partial charge is 0.346 e. The van der Waals surface area contributed by atoms with Gasteiger partial charge in [-0.05, 0) is 34.5 Å². The summed E-state index contributed by atoms with van der Waals surface area (Å²) in [4.78, 5) is 6.37. The first-order valence-corrected chi connectivity index (χ1v) is 9.94. The van der Waals surface area contributed by atoms with Crippen LogP contribution in [0.1, 0.15) is 6.42 Å². The van der Waals surface area contributed by atoms with Gasteiger partial charge in [-0.1, -0.05) is 0 Å². The molecule has 9 heteroatoms. The summed E-state index contributed by atoms with van der Waals surface area (Å²) in [6.45, 7) is 1.49. The molecule has 1 aliphatic heterocycles. The van der Waals surface area contributed by atoms with Gasteiger partial charge in [-0.15, -0.1) is 22.7 Å². The molecule has 5 nitrogen and oxygen atoms in total. The molecule has 1 unspecified atom stereocenters. The molecule has 3 heterocycles. The minimum atomic E-state index is -3.42. The number of halogens is 1. The molecule has 2 aromatic rings. The first-order chi connectivity index (χ1) is 9.54. The lowest BCUT2D eigenvalue weighted by atomic mass is 10.3. The third-order valence-electron chi connectivity index (χ3n) is 3.01. The molecule has 0 bridgehead atoms. The van der Waals surface area contributed by atoms with Crippen molar-refractivity contribution in [3.05, 3.63) is 27.5 Å². The predicted molar refractivity (Wildman–Crippen MR) is 85.1 cm³/mol. The predicted octanol–water partition coefficient (Wildman–Crippen LogP) is 2.52. The monoisotopic (exact) mass is 393 g/mol. The van der Waals surface area contributed by atoms with E-state index < -0.39 is 10.0 Å². The van der Waals surface area contributed by atoms with E-state index in [0.717, 1.165) is 21.9 Å². The van der Waals surface area contributed by atoms with Crippen molar-refractivity contribution in [3.63, 3.8) is 0 Å². The molecule has 3 rings (SSSR count). The first-order valence-electron chi connectivity index (χ1n) is 5.97. The van der Waals surface area contributed by atoms with Crippen molar-refractivity contribution in [1.29, 1.82) is 0 Å². The van der Waals surface area contributed by atoms with E-state index in [2.05, 4.69) is 30.5 Å². The molecule has 0 radical (unpaired) electrons. The van der Waals surface area contributed by atoms with Crippen LogP contribution in [0.2, 0.25) is 0 Å². The number of hydrogen-bond acceptors (Lipinski definition) is 6. The number of nitrogens with zero attached hydrogens (tertiary/aromatic N) is 2. The summed E-state index contributed by atoms with van der Waals surface area (Å²) in [6.07, 6.45) is 2.56. The molecule has 0 aliphatic carbocycles. The number of nitrogens with one attached hydrogen (secondary N) is 1. The highest BCUT2D eigenvalue weighted by Gasteiger charge is 2.28. The molecule has 0 amide bonds. The van der Waals surface area contributed by atoms with Gasteiger partial charge in [-0.3, -0.25) is 0 Å². The van der Waals surface area contributed by atoms with E-state index in [0.29, 0.717) is 10.8 Å². The molecule has 20 heavy (non-hydrogen) atoms. The first kappa shape index (κ1) is 14.5. The summed E-state index contributed by atoms with van der Waals surface area (Å²) in [7, 11) is -3.42. The van der Waals surface area contributed by atoms with Crippen molar-refractivity contribution in [2.24, 2.45) is 0 Å². The van der Waals surface area contributed by atoms with Crippen molar-refractivity contribution in [3.8, 4) is 0 Å². The maximum Gasteiger partial charge on any atom is 0.250 e. The Morgan fingerprint density at radius 1 is 1.45 bits per heavy atom. The number of thiazole rings is 1. The fourth-order valence-corrected chi connectivity index (χ4v) is 6.09. The van der Waals surface area contributed by atoms with Crippen molar-refractivity contribution >= 4 is 53.8 Å². The van der Waals surface area contributed by atoms with E-state index in [1.165, 1.54) is 11.3 Å². The molecule has 0 spiro atoms. The van der Waals surface area contributed by atoms with Crippen LogP contribution in [-0.2, 0) is 10.0 Å². The number of thiophene rings is 1. The smallest absolute Gasteiger partial charge is 0.250 e. The van der Waals surface area contributed by atoms with Gasteiger partial charge in [0.15, 0.2) is 5.13 Å². The van der Waals surface area contributed by atoms with E-state index in [1.807, 2.05) is 5.38 Å². The standard InChI is InChI=1S/C11H12BrN3O2S3/c12-9-1-2-10(19-9)20(16,17)14-8-3-5-15(7-8)11-13-4-6-18-11/h1-2,4,6,8,14H,3,5,7H2. The quantitative estimate of drug-likeness (QED) is 0.866. The minimum absolute atomic E-state index is 0.0650. The number of sulfonamides is 1. The fraction of sp³-hybridized carbons (Fsp3) is 0.364. The maximum absolute atomic E-state index is 12.2. The Labute approximate surface area is 133 Å². The van der Waals surface area contributed by atoms with Gasteiger partial charge >= 0.3 is 0 Å². The van der Waals surface area contributed by atoms with Gasteiger partial charge in [0.1, 0.15) is 4.21 Å². The van der Waals surface area contributed by atoms with Crippen LogP contribution in [0.5, 0.6) is 0 Å². The van der Waals surface area contributed by atoms with Crippen LogP contribution in [0.4, 0.5) is 5.13 Å². The van der Waals surface area contributed by atoms with Gasteiger partial charge in [0.2, 0.25) is 10.0 Å². The second-order valence-electron chi connectivity index (χ2n) is 4.43. The van der Waals surface area contributed by atoms with Gasteiger partial charge in [0.05, 0.1) is 3.79 Å². The Morgan fingerprint density at radius 2 is 2.30 bits per heavy atom. The molecule has 1 aliphatic rings. The highest BCUT2D eigenvalue weighted by molar-refractivity contribution is 9.11. The molecule has 1 fully saturated rings. The van der Waals surface area contributed by atoms with Crippen LogP contribution in [-0.4, -0.2) is 32.5 Å². The van der Waals surface area contributed by atoms with Crippen LogP contribution in [0.25, 0.3) is 0 Å². The van der Waals surface area contributed by atoms with Crippen LogP contribution in [0.15, 0.2) is 31.7 Å². The summed E-state index contributed by atoms with van der Waals surface area (Å²) in [5.41, 5.74) is 0. The molecular weight excluding hydrogens is 382 g/mol. The summed E-state index contributed by atoms with van der Waals surface area (Å²) < 4.78 is 28.4. The van der Waals surface area contributed by atoms with Crippen LogP contribution in [0.3, 0.4) is 0 Å². The molecule has 108 valence electrons. The lowest BCUT2D eigenvalue weighted by Gasteiger charge is -2.15. The normalized spacial score (nSPS) is 19.6. The third-order valence-corrected chi connectivity index (χ3v) is 7.48. The molecule has 0 saturated carbocycles. The lowest BCUT2D eigenvalue weighted by molar-refractivity contribution is 0.563. The van der Waals surface area contributed by atoms with Gasteiger partial charge in [0.25, 0.3) is 0 Å². The van der Waals surface area contributed by atoms with E-state index >= 15 is 0 Å². The Kier molecular flexibility index (Phi) is 4.14. The Morgan fingerprint density at radius 3 is 2.95 bits per heavy atom. The van der Waals surface area contributed by atoms with E-state index in [1.54, 1.807) is 29.7 Å². The van der Waals surface area contributed by atoms with Gasteiger partial charge in [0, 0.05) is 30.7 Å². The Balaban J connectivity index is 1.67. The number of aromatic nitrogens is 1. The molecule has 1 atom stereocenters. The van der Waals surface area contributed by atoms with Crippen LogP contribution < -0.4 is 9.62 Å². The zero-order chi connectivity index (χ0) is 14.2. The average molecular weight is 394 g/mol. The minimum Gasteiger partial charge on any atom is -0.346 e. The maximum atomic E-state index is 12.2. The fourth-order valence-electron chi connectivity index (χ4n) is 2.12. The van der Waals surface area contributed by atoms with E-state index in [4.69, 9.17) is 0 Å². The van der Waals surface area contributed by atoms with Gasteiger partial charge in [-0.2, -0.15) is 0 Å². The second kappa shape index (κ2) is 5.72. The van der Waals surface area contributed by atoms with Crippen molar-refractivity contribution in [2.45, 2.75) is 16.7 Å². The number of hydrogen-bond donors (Lipinski definition) is 1. The lowest BCUT2D eigenvalue weighted by Crippen LogP contribution is -2.36. The van der Waals surface area contributed by atoms with E-state index in [9.17, 15) is 8.42 Å². The van der Waals surface area contributed by atoms with E-state index in [-0.39, 0.29) is 6.04 Å². The van der Waals surface area contributed by atoms with Crippen LogP contribution in [0, 0.1) is 0 Å². The molecule has 1 N–H and O–H groups in total. The molecule has 0 aromatic carbocycles. The zero-order valence-corrected chi connectivity index (χ0v) is 14.4. The van der Waals surface area contributed by atoms with Gasteiger partial charge in [-0.25, -0.2) is 18.1 Å². The Hall–Kier alpha value is -0.480. The van der Waals surface area contributed by atoms with Gasteiger partial charge < -0.3 is 4.90 Å². The SMILES string of the molecule is O=S(=O)(NC1CCN(c2nccs2)C1)c1ccc(Br)s1. The molecule has 2 aromatic heterocycles. The van der Waals surface area contributed by atoms with Crippen molar-refractivity contribution in [2.75, 3.05) is 18.0 Å². The molecular formula is C11H12BrN3O2S3. The Bertz CT molecular complexity index is 684. The van der Waals surface area contributed by atoms with Crippen molar-refractivity contribution < 1.29 is 8.42 Å². The second-order valence-corrected chi connectivity index (χ2v) is 9.70. The third kappa shape index (κ3) is 3.06. The van der Waals surface area contributed by atoms with Crippen LogP contribution >= 0.6 is 38.6 Å². The average Bonchev–Trinajstić information content (AvgIpc) is 3.06. The molecule has 1 saturated heterocycles. The number of anilines is 1. The summed E-state index contributed by atoms with van der Waals surface area (Å²) in [5, 5.41) is 2.88. The summed E-state index contributed by atoms with van der Waals surface area (Å²) >= 11 is 6.08. The number of rotatable bonds is 4. The highest BCUT2D eigenvalue weighted by atomic mass is 79.9. The van der Waals surface area contributed by atoms with Crippen molar-refractivity contribution in [1.82, 2.24) is 9.71 Å².